The molecule has 1 saturated heterocycles. The van der Waals surface area contributed by atoms with Crippen LogP contribution in [-0.2, 0) is 0 Å². The number of anilines is 2. The summed E-state index contributed by atoms with van der Waals surface area (Å²) in [5.74, 6) is 0.151. The van der Waals surface area contributed by atoms with Gasteiger partial charge in [0.15, 0.2) is 5.13 Å². The van der Waals surface area contributed by atoms with Crippen LogP contribution in [0.25, 0.3) is 0 Å². The summed E-state index contributed by atoms with van der Waals surface area (Å²) in [4.78, 5) is 21.4. The van der Waals surface area contributed by atoms with Gasteiger partial charge in [0.05, 0.1) is 0 Å². The highest BCUT2D eigenvalue weighted by atomic mass is 32.1. The van der Waals surface area contributed by atoms with E-state index in [9.17, 15) is 4.79 Å². The molecule has 1 fully saturated rings. The highest BCUT2D eigenvalue weighted by Crippen LogP contribution is 2.24. The normalized spacial score (nSPS) is 20.4. The Balaban J connectivity index is 1.92. The standard InChI is InChI=1S/C13H24N6OS/c1-4-15-13-17-11(14)10(21-13)12(20)16-7-9-8-18(2)5-6-19(9)3/h9H,4-8,14H2,1-3H3,(H,15,17)(H,16,20). The molecule has 21 heavy (non-hydrogen) atoms. The van der Waals surface area contributed by atoms with Crippen molar-refractivity contribution in [2.75, 3.05) is 57.9 Å². The van der Waals surface area contributed by atoms with E-state index in [-0.39, 0.29) is 5.91 Å². The quantitative estimate of drug-likeness (QED) is 0.717. The number of thiazole rings is 1. The van der Waals surface area contributed by atoms with Crippen LogP contribution < -0.4 is 16.4 Å². The van der Waals surface area contributed by atoms with Crippen molar-refractivity contribution in [2.45, 2.75) is 13.0 Å². The number of hydrogen-bond donors (Lipinski definition) is 3. The molecule has 1 aromatic rings. The molecule has 1 amide bonds. The van der Waals surface area contributed by atoms with Crippen molar-refractivity contribution in [3.05, 3.63) is 4.88 Å². The van der Waals surface area contributed by atoms with Crippen LogP contribution in [0.3, 0.4) is 0 Å². The fourth-order valence-corrected chi connectivity index (χ4v) is 3.20. The van der Waals surface area contributed by atoms with Gasteiger partial charge >= 0.3 is 0 Å². The molecule has 1 unspecified atom stereocenters. The maximum atomic E-state index is 12.2. The third kappa shape index (κ3) is 4.05. The third-order valence-electron chi connectivity index (χ3n) is 3.67. The summed E-state index contributed by atoms with van der Waals surface area (Å²) < 4.78 is 0. The van der Waals surface area contributed by atoms with Crippen LogP contribution in [0.4, 0.5) is 10.9 Å². The fraction of sp³-hybridized carbons (Fsp3) is 0.692. The molecule has 0 saturated carbocycles. The van der Waals surface area contributed by atoms with E-state index in [0.717, 1.165) is 26.2 Å². The van der Waals surface area contributed by atoms with E-state index in [2.05, 4.69) is 39.5 Å². The van der Waals surface area contributed by atoms with Crippen molar-refractivity contribution in [3.8, 4) is 0 Å². The van der Waals surface area contributed by atoms with Gasteiger partial charge in [-0.2, -0.15) is 0 Å². The van der Waals surface area contributed by atoms with Gasteiger partial charge < -0.3 is 21.3 Å². The van der Waals surface area contributed by atoms with E-state index >= 15 is 0 Å². The largest absolute Gasteiger partial charge is 0.382 e. The van der Waals surface area contributed by atoms with Crippen LogP contribution >= 0.6 is 11.3 Å². The lowest BCUT2D eigenvalue weighted by Crippen LogP contribution is -2.54. The first-order chi connectivity index (χ1) is 10.0. The number of aromatic nitrogens is 1. The van der Waals surface area contributed by atoms with Crippen molar-refractivity contribution in [1.82, 2.24) is 20.1 Å². The SMILES string of the molecule is CCNc1nc(N)c(C(=O)NCC2CN(C)CCN2C)s1. The van der Waals surface area contributed by atoms with Crippen molar-refractivity contribution in [1.29, 1.82) is 0 Å². The molecule has 0 aliphatic carbocycles. The van der Waals surface area contributed by atoms with Crippen LogP contribution in [0.5, 0.6) is 0 Å². The van der Waals surface area contributed by atoms with E-state index in [4.69, 9.17) is 5.73 Å². The lowest BCUT2D eigenvalue weighted by molar-refractivity contribution is 0.0885. The molecule has 4 N–H and O–H groups in total. The van der Waals surface area contributed by atoms with Crippen molar-refractivity contribution in [3.63, 3.8) is 0 Å². The number of rotatable bonds is 5. The number of likely N-dealkylation sites (N-methyl/N-ethyl adjacent to an activating group) is 2. The van der Waals surface area contributed by atoms with Gasteiger partial charge in [-0.1, -0.05) is 11.3 Å². The Bertz CT molecular complexity index is 491. The third-order valence-corrected chi connectivity index (χ3v) is 4.69. The summed E-state index contributed by atoms with van der Waals surface area (Å²) in [5, 5.41) is 6.74. The predicted octanol–water partition coefficient (Wildman–Crippen LogP) is 0.133. The van der Waals surface area contributed by atoms with Crippen LogP contribution in [0, 0.1) is 0 Å². The molecule has 0 radical (unpaired) electrons. The Labute approximate surface area is 129 Å². The minimum absolute atomic E-state index is 0.143. The molecule has 1 atom stereocenters. The second-order valence-electron chi connectivity index (χ2n) is 5.37. The van der Waals surface area contributed by atoms with E-state index in [1.54, 1.807) is 0 Å². The highest BCUT2D eigenvalue weighted by molar-refractivity contribution is 7.18. The van der Waals surface area contributed by atoms with Crippen LogP contribution in [0.1, 0.15) is 16.6 Å². The molecule has 118 valence electrons. The lowest BCUT2D eigenvalue weighted by atomic mass is 10.2. The van der Waals surface area contributed by atoms with E-state index in [1.807, 2.05) is 6.92 Å². The summed E-state index contributed by atoms with van der Waals surface area (Å²) >= 11 is 1.30. The fourth-order valence-electron chi connectivity index (χ4n) is 2.33. The highest BCUT2D eigenvalue weighted by Gasteiger charge is 2.23. The van der Waals surface area contributed by atoms with Crippen LogP contribution in [0.15, 0.2) is 0 Å². The Hall–Kier alpha value is -1.38. The summed E-state index contributed by atoms with van der Waals surface area (Å²) in [5.41, 5.74) is 5.81. The number of hydrogen-bond acceptors (Lipinski definition) is 7. The first-order valence-electron chi connectivity index (χ1n) is 7.18. The average molecular weight is 312 g/mol. The molecule has 0 aromatic carbocycles. The van der Waals surface area contributed by atoms with Crippen molar-refractivity contribution < 1.29 is 4.79 Å². The zero-order chi connectivity index (χ0) is 15.4. The molecule has 0 bridgehead atoms. The van der Waals surface area contributed by atoms with Gasteiger partial charge in [0, 0.05) is 38.8 Å². The summed E-state index contributed by atoms with van der Waals surface area (Å²) in [6, 6.07) is 0.329. The molecule has 7 nitrogen and oxygen atoms in total. The Morgan fingerprint density at radius 3 is 2.95 bits per heavy atom. The van der Waals surface area contributed by atoms with Gasteiger partial charge in [0.2, 0.25) is 0 Å². The van der Waals surface area contributed by atoms with Gasteiger partial charge in [0.1, 0.15) is 10.7 Å². The molecule has 8 heteroatoms. The first kappa shape index (κ1) is 16.0. The second kappa shape index (κ2) is 7.06. The topological polar surface area (TPSA) is 86.5 Å². The lowest BCUT2D eigenvalue weighted by Gasteiger charge is -2.37. The zero-order valence-electron chi connectivity index (χ0n) is 12.8. The van der Waals surface area contributed by atoms with Crippen molar-refractivity contribution in [2.24, 2.45) is 0 Å². The van der Waals surface area contributed by atoms with Crippen LogP contribution in [-0.4, -0.2) is 73.6 Å². The smallest absolute Gasteiger partial charge is 0.265 e. The minimum atomic E-state index is -0.143. The van der Waals surface area contributed by atoms with Gasteiger partial charge in [-0.05, 0) is 21.0 Å². The van der Waals surface area contributed by atoms with E-state index < -0.39 is 0 Å². The van der Waals surface area contributed by atoms with Gasteiger partial charge in [-0.3, -0.25) is 9.69 Å². The van der Waals surface area contributed by atoms with Crippen molar-refractivity contribution >= 4 is 28.2 Å². The molecule has 1 aromatic heterocycles. The minimum Gasteiger partial charge on any atom is -0.382 e. The summed E-state index contributed by atoms with van der Waals surface area (Å²) in [6.45, 7) is 6.39. The van der Waals surface area contributed by atoms with Gasteiger partial charge in [-0.25, -0.2) is 4.98 Å². The van der Waals surface area contributed by atoms with Crippen LogP contribution in [0.2, 0.25) is 0 Å². The number of piperazine rings is 1. The summed E-state index contributed by atoms with van der Waals surface area (Å²) in [6.07, 6.45) is 0. The Morgan fingerprint density at radius 1 is 1.48 bits per heavy atom. The number of carbonyl (C=O) groups excluding carboxylic acids is 1. The first-order valence-corrected chi connectivity index (χ1v) is 8.00. The molecule has 2 heterocycles. The zero-order valence-corrected chi connectivity index (χ0v) is 13.7. The average Bonchev–Trinajstić information content (AvgIpc) is 2.81. The number of amides is 1. The molecule has 2 rings (SSSR count). The van der Waals surface area contributed by atoms with E-state index in [0.29, 0.717) is 28.4 Å². The molecular weight excluding hydrogens is 288 g/mol. The monoisotopic (exact) mass is 312 g/mol. The molecular formula is C13H24N6OS. The predicted molar refractivity (Wildman–Crippen MR) is 86.9 cm³/mol. The summed E-state index contributed by atoms with van der Waals surface area (Å²) in [7, 11) is 4.19. The number of nitrogens with two attached hydrogens (primary N) is 1. The maximum absolute atomic E-state index is 12.2. The maximum Gasteiger partial charge on any atom is 0.265 e. The molecule has 1 aliphatic rings. The molecule has 1 aliphatic heterocycles. The molecule has 0 spiro atoms. The number of nitrogens with one attached hydrogen (secondary N) is 2. The van der Waals surface area contributed by atoms with Gasteiger partial charge in [-0.15, -0.1) is 0 Å². The second-order valence-corrected chi connectivity index (χ2v) is 6.37. The van der Waals surface area contributed by atoms with E-state index in [1.165, 1.54) is 11.3 Å². The number of carbonyl (C=O) groups is 1. The number of nitrogen functional groups attached to an aromatic ring is 1. The number of nitrogens with zero attached hydrogens (tertiary/aromatic N) is 3. The Kier molecular flexibility index (Phi) is 5.38. The Morgan fingerprint density at radius 2 is 2.24 bits per heavy atom. The van der Waals surface area contributed by atoms with Gasteiger partial charge in [0.25, 0.3) is 5.91 Å².